The van der Waals surface area contributed by atoms with Gasteiger partial charge in [0.15, 0.2) is 5.78 Å². The van der Waals surface area contributed by atoms with Crippen molar-refractivity contribution in [3.63, 3.8) is 0 Å². The molecule has 0 amide bonds. The molecule has 31 heavy (non-hydrogen) atoms. The Morgan fingerprint density at radius 2 is 2.23 bits per heavy atom. The van der Waals surface area contributed by atoms with Crippen molar-refractivity contribution in [1.29, 1.82) is 0 Å². The Balaban J connectivity index is 1.53. The number of ether oxygens (including phenoxy) is 1. The fourth-order valence-electron chi connectivity index (χ4n) is 4.05. The van der Waals surface area contributed by atoms with E-state index in [1.54, 1.807) is 18.5 Å². The lowest BCUT2D eigenvalue weighted by molar-refractivity contribution is 0.0856. The molecule has 1 unspecified atom stereocenters. The Hall–Kier alpha value is -3.23. The molecule has 7 nitrogen and oxygen atoms in total. The van der Waals surface area contributed by atoms with E-state index in [1.807, 2.05) is 16.8 Å². The van der Waals surface area contributed by atoms with Crippen LogP contribution in [0.25, 0.3) is 22.2 Å². The Morgan fingerprint density at radius 1 is 1.35 bits per heavy atom. The molecule has 1 aromatic carbocycles. The minimum Gasteiger partial charge on any atom is -0.493 e. The third-order valence-corrected chi connectivity index (χ3v) is 5.86. The molecule has 3 aromatic heterocycles. The van der Waals surface area contributed by atoms with E-state index in [-0.39, 0.29) is 18.2 Å². The number of aromatic nitrogens is 4. The summed E-state index contributed by atoms with van der Waals surface area (Å²) in [5, 5.41) is 7.75. The van der Waals surface area contributed by atoms with Gasteiger partial charge in [-0.05, 0) is 36.2 Å². The zero-order valence-corrected chi connectivity index (χ0v) is 17.2. The van der Waals surface area contributed by atoms with Crippen molar-refractivity contribution in [2.75, 3.05) is 13.2 Å². The van der Waals surface area contributed by atoms with E-state index >= 15 is 0 Å². The molecule has 1 atom stereocenters. The molecule has 0 saturated carbocycles. The first-order chi connectivity index (χ1) is 15.0. The summed E-state index contributed by atoms with van der Waals surface area (Å²) in [7, 11) is 0. The van der Waals surface area contributed by atoms with Crippen LogP contribution in [0, 0.1) is 11.7 Å². The second-order valence-electron chi connectivity index (χ2n) is 7.54. The molecule has 158 valence electrons. The molecule has 4 aromatic rings. The maximum atomic E-state index is 13.6. The highest BCUT2D eigenvalue weighted by atomic mass is 35.5. The highest BCUT2D eigenvalue weighted by Gasteiger charge is 2.29. The zero-order chi connectivity index (χ0) is 21.5. The molecule has 0 aliphatic carbocycles. The smallest absolute Gasteiger partial charge is 0.171 e. The lowest BCUT2D eigenvalue weighted by Gasteiger charge is -2.24. The molecule has 0 spiro atoms. The number of nitrogens with zero attached hydrogens (tertiary/aromatic N) is 3. The van der Waals surface area contributed by atoms with Gasteiger partial charge in [0.05, 0.1) is 35.5 Å². The summed E-state index contributed by atoms with van der Waals surface area (Å²) in [6.45, 7) is 1.21. The van der Waals surface area contributed by atoms with Crippen LogP contribution < -0.4 is 10.5 Å². The Morgan fingerprint density at radius 3 is 3.00 bits per heavy atom. The predicted octanol–water partition coefficient (Wildman–Crippen LogP) is 3.61. The van der Waals surface area contributed by atoms with Crippen LogP contribution in [0.1, 0.15) is 15.9 Å². The van der Waals surface area contributed by atoms with Gasteiger partial charge in [0.2, 0.25) is 0 Å². The van der Waals surface area contributed by atoms with Crippen LogP contribution >= 0.6 is 11.6 Å². The van der Waals surface area contributed by atoms with E-state index in [0.29, 0.717) is 52.8 Å². The minimum absolute atomic E-state index is 0.0634. The molecular weight excluding hydrogens is 421 g/mol. The quantitative estimate of drug-likeness (QED) is 0.463. The van der Waals surface area contributed by atoms with Crippen LogP contribution in [0.4, 0.5) is 4.39 Å². The number of nitrogens with two attached hydrogens (primary N) is 1. The van der Waals surface area contributed by atoms with Gasteiger partial charge in [-0.1, -0.05) is 11.6 Å². The summed E-state index contributed by atoms with van der Waals surface area (Å²) in [6.07, 6.45) is 5.51. The number of carbonyl (C=O) groups excluding carboxylic acids is 1. The number of pyridine rings is 1. The summed E-state index contributed by atoms with van der Waals surface area (Å²) >= 11 is 6.16. The van der Waals surface area contributed by atoms with Gasteiger partial charge in [-0.2, -0.15) is 5.10 Å². The number of Topliss-reactive ketones (excluding diaryl/α,β-unsaturated/α-hetero) is 1. The number of ketones is 1. The molecule has 5 rings (SSSR count). The van der Waals surface area contributed by atoms with E-state index in [4.69, 9.17) is 22.1 Å². The fourth-order valence-corrected chi connectivity index (χ4v) is 4.25. The molecule has 0 bridgehead atoms. The van der Waals surface area contributed by atoms with E-state index in [9.17, 15) is 9.18 Å². The molecule has 0 fully saturated rings. The maximum Gasteiger partial charge on any atom is 0.171 e. The number of carbonyl (C=O) groups is 1. The van der Waals surface area contributed by atoms with E-state index < -0.39 is 5.92 Å². The first-order valence-corrected chi connectivity index (χ1v) is 10.3. The van der Waals surface area contributed by atoms with E-state index in [1.165, 1.54) is 12.1 Å². The first-order valence-electron chi connectivity index (χ1n) is 9.88. The van der Waals surface area contributed by atoms with Crippen LogP contribution in [0.2, 0.25) is 5.15 Å². The average Bonchev–Trinajstić information content (AvgIpc) is 3.36. The van der Waals surface area contributed by atoms with Crippen LogP contribution in [-0.4, -0.2) is 38.7 Å². The van der Waals surface area contributed by atoms with Gasteiger partial charge in [0, 0.05) is 36.4 Å². The maximum absolute atomic E-state index is 13.6. The van der Waals surface area contributed by atoms with Gasteiger partial charge >= 0.3 is 0 Å². The van der Waals surface area contributed by atoms with Crippen molar-refractivity contribution < 1.29 is 13.9 Å². The van der Waals surface area contributed by atoms with Crippen LogP contribution in [0.5, 0.6) is 5.75 Å². The van der Waals surface area contributed by atoms with Gasteiger partial charge in [-0.3, -0.25) is 14.9 Å². The van der Waals surface area contributed by atoms with Crippen molar-refractivity contribution in [2.24, 2.45) is 11.7 Å². The van der Waals surface area contributed by atoms with Gasteiger partial charge < -0.3 is 15.0 Å². The van der Waals surface area contributed by atoms with Crippen LogP contribution in [-0.2, 0) is 13.0 Å². The highest BCUT2D eigenvalue weighted by Crippen LogP contribution is 2.33. The van der Waals surface area contributed by atoms with Gasteiger partial charge in [-0.15, -0.1) is 0 Å². The van der Waals surface area contributed by atoms with Crippen molar-refractivity contribution in [1.82, 2.24) is 19.7 Å². The Kier molecular flexibility index (Phi) is 4.95. The zero-order valence-electron chi connectivity index (χ0n) is 16.4. The summed E-state index contributed by atoms with van der Waals surface area (Å²) in [5.41, 5.74) is 9.20. The fraction of sp³-hybridized carbons (Fsp3) is 0.227. The standard InChI is InChI=1S/C22H19ClFN5O2/c23-22-16(9-27-28-22)18-7-19-15(8-26-18)17(10-29(19)4-3-25)21(30)13-5-12-6-14(24)1-2-20(12)31-11-13/h1-2,6-10,13H,3-5,11,25H2,(H,27,28). The number of nitrogens with one attached hydrogen (secondary N) is 1. The number of hydrogen-bond acceptors (Lipinski definition) is 5. The number of H-pyrrole nitrogens is 1. The van der Waals surface area contributed by atoms with Crippen molar-refractivity contribution >= 4 is 28.3 Å². The largest absolute Gasteiger partial charge is 0.493 e. The predicted molar refractivity (Wildman–Crippen MR) is 115 cm³/mol. The third-order valence-electron chi connectivity index (χ3n) is 5.57. The second-order valence-corrected chi connectivity index (χ2v) is 7.92. The number of hydrogen-bond donors (Lipinski definition) is 2. The molecule has 9 heteroatoms. The van der Waals surface area contributed by atoms with Crippen molar-refractivity contribution in [3.8, 4) is 17.0 Å². The topological polar surface area (TPSA) is 98.8 Å². The van der Waals surface area contributed by atoms with Crippen LogP contribution in [0.3, 0.4) is 0 Å². The van der Waals surface area contributed by atoms with E-state index in [0.717, 1.165) is 10.9 Å². The number of fused-ring (bicyclic) bond motifs is 2. The Bertz CT molecular complexity index is 1300. The van der Waals surface area contributed by atoms with Gasteiger partial charge in [0.1, 0.15) is 16.7 Å². The van der Waals surface area contributed by atoms with Crippen molar-refractivity contribution in [3.05, 3.63) is 65.0 Å². The number of halogens is 2. The van der Waals surface area contributed by atoms with Gasteiger partial charge in [-0.25, -0.2) is 4.39 Å². The van der Waals surface area contributed by atoms with Crippen LogP contribution in [0.15, 0.2) is 42.9 Å². The number of aromatic amines is 1. The molecule has 4 heterocycles. The first kappa shape index (κ1) is 19.7. The minimum atomic E-state index is -0.408. The average molecular weight is 440 g/mol. The summed E-state index contributed by atoms with van der Waals surface area (Å²) in [4.78, 5) is 17.9. The number of benzene rings is 1. The highest BCUT2D eigenvalue weighted by molar-refractivity contribution is 6.32. The number of rotatable bonds is 5. The molecular formula is C22H19ClFN5O2. The second kappa shape index (κ2) is 7.79. The monoisotopic (exact) mass is 439 g/mol. The van der Waals surface area contributed by atoms with Gasteiger partial charge in [0.25, 0.3) is 0 Å². The Labute approximate surface area is 182 Å². The molecule has 1 aliphatic rings. The third kappa shape index (κ3) is 3.47. The lowest BCUT2D eigenvalue weighted by Crippen LogP contribution is -2.28. The summed E-state index contributed by atoms with van der Waals surface area (Å²) in [5.74, 6) is -0.190. The molecule has 1 aliphatic heterocycles. The van der Waals surface area contributed by atoms with E-state index in [2.05, 4.69) is 15.2 Å². The summed E-state index contributed by atoms with van der Waals surface area (Å²) in [6, 6.07) is 6.26. The molecule has 0 radical (unpaired) electrons. The summed E-state index contributed by atoms with van der Waals surface area (Å²) < 4.78 is 21.3. The SMILES string of the molecule is NCCn1cc(C(=O)C2COc3ccc(F)cc3C2)c2cnc(-c3cn[nH]c3Cl)cc21. The van der Waals surface area contributed by atoms with Crippen molar-refractivity contribution in [2.45, 2.75) is 13.0 Å². The molecule has 0 saturated heterocycles. The molecule has 3 N–H and O–H groups in total. The normalized spacial score (nSPS) is 15.6. The lowest BCUT2D eigenvalue weighted by atomic mass is 9.90.